The summed E-state index contributed by atoms with van der Waals surface area (Å²) in [5, 5.41) is 14.3. The molecule has 20 heavy (non-hydrogen) atoms. The molecule has 0 radical (unpaired) electrons. The van der Waals surface area contributed by atoms with Crippen molar-refractivity contribution in [1.29, 1.82) is 0 Å². The van der Waals surface area contributed by atoms with E-state index >= 15 is 0 Å². The van der Waals surface area contributed by atoms with Crippen molar-refractivity contribution in [3.8, 4) is 0 Å². The van der Waals surface area contributed by atoms with Crippen LogP contribution in [0, 0.1) is 10.1 Å². The fraction of sp³-hybridized carbons (Fsp3) is 0. The lowest BCUT2D eigenvalue weighted by Crippen LogP contribution is -2.04. The van der Waals surface area contributed by atoms with E-state index in [2.05, 4.69) is 15.3 Å². The topological polar surface area (TPSA) is 107 Å². The van der Waals surface area contributed by atoms with Crippen LogP contribution in [0.1, 0.15) is 0 Å². The number of anilines is 3. The molecule has 10 heteroatoms. The number of nitrogens with zero attached hydrogens (tertiary/aromatic N) is 3. The van der Waals surface area contributed by atoms with Crippen molar-refractivity contribution < 1.29 is 4.92 Å². The van der Waals surface area contributed by atoms with Gasteiger partial charge in [-0.3, -0.25) is 10.1 Å². The van der Waals surface area contributed by atoms with E-state index in [0.29, 0.717) is 5.69 Å². The summed E-state index contributed by atoms with van der Waals surface area (Å²) in [4.78, 5) is 17.6. The van der Waals surface area contributed by atoms with Crippen LogP contribution in [0.4, 0.5) is 23.1 Å². The summed E-state index contributed by atoms with van der Waals surface area (Å²) < 4.78 is 0. The van der Waals surface area contributed by atoms with Gasteiger partial charge in [-0.05, 0) is 12.1 Å². The van der Waals surface area contributed by atoms with E-state index in [-0.39, 0.29) is 32.5 Å². The second-order valence-corrected chi connectivity index (χ2v) is 4.81. The van der Waals surface area contributed by atoms with Crippen LogP contribution in [0.15, 0.2) is 18.3 Å². The van der Waals surface area contributed by atoms with Crippen LogP contribution in [0.3, 0.4) is 0 Å². The molecule has 0 atom stereocenters. The van der Waals surface area contributed by atoms with Crippen LogP contribution in [-0.4, -0.2) is 14.9 Å². The van der Waals surface area contributed by atoms with Gasteiger partial charge < -0.3 is 11.1 Å². The molecule has 0 aliphatic heterocycles. The molecule has 0 saturated carbocycles. The number of aromatic nitrogens is 2. The zero-order valence-electron chi connectivity index (χ0n) is 9.60. The maximum atomic E-state index is 10.9. The molecular formula is C10H6Cl3N5O2. The van der Waals surface area contributed by atoms with Crippen molar-refractivity contribution in [2.75, 3.05) is 11.1 Å². The highest BCUT2D eigenvalue weighted by Crippen LogP contribution is 2.35. The van der Waals surface area contributed by atoms with Crippen LogP contribution in [0.25, 0.3) is 0 Å². The van der Waals surface area contributed by atoms with Gasteiger partial charge in [-0.25, -0.2) is 4.98 Å². The molecule has 0 unspecified atom stereocenters. The molecule has 0 fully saturated rings. The molecule has 0 saturated heterocycles. The van der Waals surface area contributed by atoms with Crippen LogP contribution in [0.5, 0.6) is 0 Å². The number of nitro groups is 1. The summed E-state index contributed by atoms with van der Waals surface area (Å²) in [7, 11) is 0. The van der Waals surface area contributed by atoms with Crippen molar-refractivity contribution in [3.05, 3.63) is 43.5 Å². The first-order valence-electron chi connectivity index (χ1n) is 5.07. The summed E-state index contributed by atoms with van der Waals surface area (Å²) in [5.74, 6) is -0.211. The Morgan fingerprint density at radius 1 is 1.20 bits per heavy atom. The van der Waals surface area contributed by atoms with Gasteiger partial charge in [0, 0.05) is 0 Å². The van der Waals surface area contributed by atoms with Gasteiger partial charge in [0.05, 0.1) is 25.7 Å². The van der Waals surface area contributed by atoms with Gasteiger partial charge >= 0.3 is 5.69 Å². The quantitative estimate of drug-likeness (QED) is 0.504. The number of hydrogen-bond donors (Lipinski definition) is 2. The van der Waals surface area contributed by atoms with E-state index in [1.54, 1.807) is 0 Å². The third kappa shape index (κ3) is 3.01. The van der Waals surface area contributed by atoms with Crippen molar-refractivity contribution in [2.45, 2.75) is 0 Å². The molecule has 7 nitrogen and oxygen atoms in total. The van der Waals surface area contributed by atoms with Gasteiger partial charge in [-0.2, -0.15) is 4.98 Å². The Balaban J connectivity index is 2.47. The largest absolute Gasteiger partial charge is 0.368 e. The highest BCUT2D eigenvalue weighted by atomic mass is 35.5. The monoisotopic (exact) mass is 333 g/mol. The predicted octanol–water partition coefficient (Wildman–Crippen LogP) is 3.67. The van der Waals surface area contributed by atoms with Crippen molar-refractivity contribution >= 4 is 57.9 Å². The van der Waals surface area contributed by atoms with Crippen LogP contribution < -0.4 is 11.1 Å². The van der Waals surface area contributed by atoms with E-state index in [1.807, 2.05) is 0 Å². The van der Waals surface area contributed by atoms with Gasteiger partial charge in [0.1, 0.15) is 6.20 Å². The van der Waals surface area contributed by atoms with E-state index in [0.717, 1.165) is 6.20 Å². The van der Waals surface area contributed by atoms with Gasteiger partial charge in [-0.15, -0.1) is 0 Å². The number of hydrogen-bond acceptors (Lipinski definition) is 6. The molecule has 104 valence electrons. The zero-order chi connectivity index (χ0) is 14.9. The lowest BCUT2D eigenvalue weighted by Gasteiger charge is -2.09. The summed E-state index contributed by atoms with van der Waals surface area (Å²) in [5.41, 5.74) is 5.37. The number of halogens is 3. The number of nitrogen functional groups attached to an aromatic ring is 1. The Morgan fingerprint density at radius 3 is 2.50 bits per heavy atom. The highest BCUT2D eigenvalue weighted by Gasteiger charge is 2.18. The number of nitrogens with two attached hydrogens (primary N) is 1. The third-order valence-electron chi connectivity index (χ3n) is 2.25. The van der Waals surface area contributed by atoms with Gasteiger partial charge in [0.15, 0.2) is 0 Å². The minimum absolute atomic E-state index is 0.0946. The Bertz CT molecular complexity index is 695. The first kappa shape index (κ1) is 14.6. The van der Waals surface area contributed by atoms with Crippen molar-refractivity contribution in [1.82, 2.24) is 9.97 Å². The Morgan fingerprint density at radius 2 is 1.85 bits per heavy atom. The molecule has 0 amide bonds. The average Bonchev–Trinajstić information content (AvgIpc) is 2.35. The zero-order valence-corrected chi connectivity index (χ0v) is 11.9. The van der Waals surface area contributed by atoms with E-state index in [9.17, 15) is 10.1 Å². The summed E-state index contributed by atoms with van der Waals surface area (Å²) in [6.07, 6.45) is 0.996. The maximum absolute atomic E-state index is 10.9. The molecular weight excluding hydrogens is 329 g/mol. The normalized spacial score (nSPS) is 10.3. The lowest BCUT2D eigenvalue weighted by atomic mass is 10.3. The molecule has 0 aliphatic carbocycles. The van der Waals surface area contributed by atoms with E-state index in [4.69, 9.17) is 40.5 Å². The lowest BCUT2D eigenvalue weighted by molar-refractivity contribution is -0.384. The Kier molecular flexibility index (Phi) is 4.12. The molecule has 0 spiro atoms. The fourth-order valence-corrected chi connectivity index (χ4v) is 1.95. The molecule has 0 bridgehead atoms. The van der Waals surface area contributed by atoms with Crippen LogP contribution in [-0.2, 0) is 0 Å². The minimum atomic E-state index is -0.646. The van der Waals surface area contributed by atoms with Crippen LogP contribution >= 0.6 is 34.8 Å². The Hall–Kier alpha value is -1.83. The Labute approximate surface area is 127 Å². The number of benzene rings is 1. The van der Waals surface area contributed by atoms with Crippen molar-refractivity contribution in [2.24, 2.45) is 0 Å². The smallest absolute Gasteiger partial charge is 0.329 e. The standard InChI is InChI=1S/C10H6Cl3N5O2/c11-4-1-6(13)7(2-5(4)12)16-9-8(18(19)20)3-15-10(14)17-9/h1-3H,(H3,14,15,16,17). The number of rotatable bonds is 3. The maximum Gasteiger partial charge on any atom is 0.329 e. The summed E-state index contributed by atoms with van der Waals surface area (Å²) >= 11 is 17.6. The van der Waals surface area contributed by atoms with E-state index < -0.39 is 4.92 Å². The average molecular weight is 335 g/mol. The summed E-state index contributed by atoms with van der Waals surface area (Å²) in [6, 6.07) is 2.83. The molecule has 0 aliphatic rings. The molecule has 1 aromatic carbocycles. The second kappa shape index (κ2) is 5.66. The van der Waals surface area contributed by atoms with Crippen molar-refractivity contribution in [3.63, 3.8) is 0 Å². The first-order chi connectivity index (χ1) is 9.38. The number of nitrogens with one attached hydrogen (secondary N) is 1. The SMILES string of the molecule is Nc1ncc([N+](=O)[O-])c(Nc2cc(Cl)c(Cl)cc2Cl)n1. The van der Waals surface area contributed by atoms with Gasteiger partial charge in [-0.1, -0.05) is 34.8 Å². The summed E-state index contributed by atoms with van der Waals surface area (Å²) in [6.45, 7) is 0. The fourth-order valence-electron chi connectivity index (χ4n) is 1.36. The molecule has 1 heterocycles. The predicted molar refractivity (Wildman–Crippen MR) is 77.9 cm³/mol. The molecule has 2 rings (SSSR count). The van der Waals surface area contributed by atoms with Crippen LogP contribution in [0.2, 0.25) is 15.1 Å². The van der Waals surface area contributed by atoms with E-state index in [1.165, 1.54) is 12.1 Å². The first-order valence-corrected chi connectivity index (χ1v) is 6.20. The highest BCUT2D eigenvalue weighted by molar-refractivity contribution is 6.44. The third-order valence-corrected chi connectivity index (χ3v) is 3.28. The molecule has 1 aromatic heterocycles. The van der Waals surface area contributed by atoms with Gasteiger partial charge in [0.2, 0.25) is 11.8 Å². The minimum Gasteiger partial charge on any atom is -0.368 e. The second-order valence-electron chi connectivity index (χ2n) is 3.59. The molecule has 2 aromatic rings. The molecule has 3 N–H and O–H groups in total. The van der Waals surface area contributed by atoms with Gasteiger partial charge in [0.25, 0.3) is 0 Å².